The highest BCUT2D eigenvalue weighted by atomic mass is 19.1. The van der Waals surface area contributed by atoms with Crippen molar-refractivity contribution >= 4 is 5.91 Å². The Labute approximate surface area is 140 Å². The predicted molar refractivity (Wildman–Crippen MR) is 87.3 cm³/mol. The first-order chi connectivity index (χ1) is 11.5. The normalized spacial score (nSPS) is 23.9. The third kappa shape index (κ3) is 3.77. The van der Waals surface area contributed by atoms with Crippen molar-refractivity contribution in [2.45, 2.75) is 45.7 Å². The number of carbonyl (C=O) groups is 1. The van der Waals surface area contributed by atoms with Gasteiger partial charge < -0.3 is 5.32 Å². The van der Waals surface area contributed by atoms with Crippen LogP contribution in [-0.4, -0.2) is 32.2 Å². The highest BCUT2D eigenvalue weighted by Gasteiger charge is 2.28. The van der Waals surface area contributed by atoms with Crippen LogP contribution in [0.4, 0.5) is 4.39 Å². The Morgan fingerprint density at radius 1 is 1.29 bits per heavy atom. The maximum Gasteiger partial charge on any atom is 0.243 e. The molecule has 128 valence electrons. The summed E-state index contributed by atoms with van der Waals surface area (Å²) < 4.78 is 12.9. The molecule has 1 heterocycles. The average Bonchev–Trinajstić information content (AvgIpc) is 3.01. The molecule has 1 fully saturated rings. The summed E-state index contributed by atoms with van der Waals surface area (Å²) in [5, 5.41) is 15.1. The van der Waals surface area contributed by atoms with Crippen LogP contribution in [0.5, 0.6) is 0 Å². The van der Waals surface area contributed by atoms with Crippen molar-refractivity contribution in [3.8, 4) is 11.4 Å². The van der Waals surface area contributed by atoms with Gasteiger partial charge >= 0.3 is 0 Å². The third-order valence-corrected chi connectivity index (χ3v) is 4.89. The number of tetrazole rings is 1. The van der Waals surface area contributed by atoms with E-state index in [4.69, 9.17) is 0 Å². The maximum atomic E-state index is 12.9. The highest BCUT2D eigenvalue weighted by molar-refractivity contribution is 5.75. The summed E-state index contributed by atoms with van der Waals surface area (Å²) in [5.41, 5.74) is 0.665. The number of benzene rings is 1. The Balaban J connectivity index is 1.60. The van der Waals surface area contributed by atoms with Crippen LogP contribution in [0, 0.1) is 17.7 Å². The van der Waals surface area contributed by atoms with Gasteiger partial charge in [-0.25, -0.2) is 4.39 Å². The summed E-state index contributed by atoms with van der Waals surface area (Å²) >= 11 is 0. The minimum absolute atomic E-state index is 0.0335. The summed E-state index contributed by atoms with van der Waals surface area (Å²) in [5.74, 6) is 1.05. The molecule has 1 aromatic heterocycles. The molecule has 0 saturated heterocycles. The zero-order chi connectivity index (χ0) is 17.1. The lowest BCUT2D eigenvalue weighted by Crippen LogP contribution is -2.45. The number of amides is 1. The van der Waals surface area contributed by atoms with Crippen molar-refractivity contribution in [2.75, 3.05) is 0 Å². The zero-order valence-electron chi connectivity index (χ0n) is 13.9. The quantitative estimate of drug-likeness (QED) is 0.934. The topological polar surface area (TPSA) is 72.7 Å². The second kappa shape index (κ2) is 7.07. The van der Waals surface area contributed by atoms with Gasteiger partial charge in [-0.05, 0) is 47.7 Å². The molecular formula is C17H22FN5O. The summed E-state index contributed by atoms with van der Waals surface area (Å²) in [6.45, 7) is 4.46. The summed E-state index contributed by atoms with van der Waals surface area (Å²) in [7, 11) is 0. The molecule has 0 aliphatic heterocycles. The van der Waals surface area contributed by atoms with Gasteiger partial charge in [0.25, 0.3) is 0 Å². The van der Waals surface area contributed by atoms with E-state index in [0.717, 1.165) is 12.8 Å². The van der Waals surface area contributed by atoms with Gasteiger partial charge in [-0.1, -0.05) is 26.7 Å². The maximum absolute atomic E-state index is 12.9. The lowest BCUT2D eigenvalue weighted by atomic mass is 9.78. The molecule has 0 bridgehead atoms. The number of aromatic nitrogens is 4. The summed E-state index contributed by atoms with van der Waals surface area (Å²) in [6.07, 6.45) is 3.38. The van der Waals surface area contributed by atoms with Crippen molar-refractivity contribution in [1.82, 2.24) is 25.5 Å². The molecule has 6 nitrogen and oxygen atoms in total. The molecule has 3 rings (SSSR count). The standard InChI is InChI=1S/C17H22FN5O/c1-11-4-3-5-15(12(11)2)19-16(24)10-23-21-17(20-22-23)13-6-8-14(18)9-7-13/h6-9,11-12,15H,3-5,10H2,1-2H3,(H,19,24)/t11-,12-,15-/m1/s1. The molecule has 0 spiro atoms. The molecule has 1 amide bonds. The van der Waals surface area contributed by atoms with Crippen LogP contribution in [0.2, 0.25) is 0 Å². The molecule has 1 N–H and O–H groups in total. The van der Waals surface area contributed by atoms with Gasteiger partial charge in [0.2, 0.25) is 11.7 Å². The zero-order valence-corrected chi connectivity index (χ0v) is 13.9. The van der Waals surface area contributed by atoms with E-state index in [-0.39, 0.29) is 24.3 Å². The monoisotopic (exact) mass is 331 g/mol. The van der Waals surface area contributed by atoms with Crippen LogP contribution < -0.4 is 5.32 Å². The van der Waals surface area contributed by atoms with Crippen LogP contribution in [-0.2, 0) is 11.3 Å². The summed E-state index contributed by atoms with van der Waals surface area (Å²) in [6, 6.07) is 6.06. The van der Waals surface area contributed by atoms with Crippen LogP contribution in [0.15, 0.2) is 24.3 Å². The van der Waals surface area contributed by atoms with Crippen LogP contribution in [0.25, 0.3) is 11.4 Å². The smallest absolute Gasteiger partial charge is 0.243 e. The molecule has 0 radical (unpaired) electrons. The molecule has 0 unspecified atom stereocenters. The predicted octanol–water partition coefficient (Wildman–Crippen LogP) is 2.42. The average molecular weight is 331 g/mol. The Kier molecular flexibility index (Phi) is 4.87. The van der Waals surface area contributed by atoms with Gasteiger partial charge in [-0.3, -0.25) is 4.79 Å². The summed E-state index contributed by atoms with van der Waals surface area (Å²) in [4.78, 5) is 13.5. The van der Waals surface area contributed by atoms with Gasteiger partial charge in [0, 0.05) is 11.6 Å². The number of hydrogen-bond donors (Lipinski definition) is 1. The van der Waals surface area contributed by atoms with Crippen molar-refractivity contribution in [3.63, 3.8) is 0 Å². The lowest BCUT2D eigenvalue weighted by Gasteiger charge is -2.34. The minimum Gasteiger partial charge on any atom is -0.351 e. The Morgan fingerprint density at radius 3 is 2.79 bits per heavy atom. The van der Waals surface area contributed by atoms with E-state index in [1.807, 2.05) is 0 Å². The minimum atomic E-state index is -0.318. The van der Waals surface area contributed by atoms with E-state index in [1.54, 1.807) is 12.1 Å². The van der Waals surface area contributed by atoms with Gasteiger partial charge in [0.05, 0.1) is 0 Å². The van der Waals surface area contributed by atoms with E-state index in [1.165, 1.54) is 23.4 Å². The van der Waals surface area contributed by atoms with E-state index in [2.05, 4.69) is 34.6 Å². The molecular weight excluding hydrogens is 309 g/mol. The first-order valence-electron chi connectivity index (χ1n) is 8.36. The fraction of sp³-hybridized carbons (Fsp3) is 0.529. The molecule has 7 heteroatoms. The van der Waals surface area contributed by atoms with E-state index < -0.39 is 0 Å². The van der Waals surface area contributed by atoms with Crippen molar-refractivity contribution in [1.29, 1.82) is 0 Å². The second-order valence-corrected chi connectivity index (χ2v) is 6.59. The van der Waals surface area contributed by atoms with E-state index in [9.17, 15) is 9.18 Å². The van der Waals surface area contributed by atoms with Gasteiger partial charge in [0.15, 0.2) is 0 Å². The highest BCUT2D eigenvalue weighted by Crippen LogP contribution is 2.29. The van der Waals surface area contributed by atoms with Crippen LogP contribution in [0.1, 0.15) is 33.1 Å². The van der Waals surface area contributed by atoms with Crippen LogP contribution in [0.3, 0.4) is 0 Å². The van der Waals surface area contributed by atoms with Gasteiger partial charge in [-0.2, -0.15) is 4.80 Å². The van der Waals surface area contributed by atoms with Gasteiger partial charge in [-0.15, -0.1) is 10.2 Å². The second-order valence-electron chi connectivity index (χ2n) is 6.59. The molecule has 1 saturated carbocycles. The number of halogens is 1. The molecule has 3 atom stereocenters. The number of nitrogens with one attached hydrogen (secondary N) is 1. The van der Waals surface area contributed by atoms with Crippen molar-refractivity contribution < 1.29 is 9.18 Å². The number of carbonyl (C=O) groups excluding carboxylic acids is 1. The van der Waals surface area contributed by atoms with Gasteiger partial charge in [0.1, 0.15) is 12.4 Å². The first-order valence-corrected chi connectivity index (χ1v) is 8.36. The first kappa shape index (κ1) is 16.5. The number of rotatable bonds is 4. The lowest BCUT2D eigenvalue weighted by molar-refractivity contribution is -0.123. The Hall–Kier alpha value is -2.31. The third-order valence-electron chi connectivity index (χ3n) is 4.89. The largest absolute Gasteiger partial charge is 0.351 e. The number of nitrogens with zero attached hydrogens (tertiary/aromatic N) is 4. The fourth-order valence-corrected chi connectivity index (χ4v) is 3.19. The van der Waals surface area contributed by atoms with E-state index in [0.29, 0.717) is 23.2 Å². The molecule has 1 aliphatic rings. The molecule has 24 heavy (non-hydrogen) atoms. The van der Waals surface area contributed by atoms with Crippen LogP contribution >= 0.6 is 0 Å². The fourth-order valence-electron chi connectivity index (χ4n) is 3.19. The SMILES string of the molecule is C[C@@H]1[C@H](C)CCC[C@H]1NC(=O)Cn1nnc(-c2ccc(F)cc2)n1. The Morgan fingerprint density at radius 2 is 2.04 bits per heavy atom. The van der Waals surface area contributed by atoms with E-state index >= 15 is 0 Å². The van der Waals surface area contributed by atoms with Crippen molar-refractivity contribution in [2.24, 2.45) is 11.8 Å². The van der Waals surface area contributed by atoms with Crippen molar-refractivity contribution in [3.05, 3.63) is 30.1 Å². The number of hydrogen-bond acceptors (Lipinski definition) is 4. The molecule has 1 aliphatic carbocycles. The Bertz CT molecular complexity index is 699. The molecule has 1 aromatic carbocycles. The molecule has 2 aromatic rings.